The van der Waals surface area contributed by atoms with Crippen LogP contribution in [0, 0.1) is 0 Å². The van der Waals surface area contributed by atoms with Crippen molar-refractivity contribution >= 4 is 5.84 Å². The fourth-order valence-corrected chi connectivity index (χ4v) is 0.614. The first-order chi connectivity index (χ1) is 4.97. The van der Waals surface area contributed by atoms with Crippen LogP contribution in [0.4, 0.5) is 0 Å². The highest BCUT2D eigenvalue weighted by molar-refractivity contribution is 5.94. The highest BCUT2D eigenvalue weighted by Crippen LogP contribution is 1.90. The Balaban J connectivity index is 2.36. The zero-order chi connectivity index (χ0) is 6.81. The van der Waals surface area contributed by atoms with Crippen molar-refractivity contribution in [2.45, 2.75) is 0 Å². The van der Waals surface area contributed by atoms with Crippen LogP contribution in [-0.4, -0.2) is 26.0 Å². The van der Waals surface area contributed by atoms with Crippen molar-refractivity contribution in [1.29, 1.82) is 0 Å². The number of hydrogen-bond donors (Lipinski definition) is 0. The van der Waals surface area contributed by atoms with Gasteiger partial charge in [-0.15, -0.1) is 10.2 Å². The molecular weight excluding hydrogens is 132 g/mol. The molecule has 0 spiro atoms. The molecule has 0 unspecified atom stereocenters. The van der Waals surface area contributed by atoms with Crippen LogP contribution in [0.15, 0.2) is 23.7 Å². The van der Waals surface area contributed by atoms with Gasteiger partial charge in [0, 0.05) is 6.08 Å². The maximum Gasteiger partial charge on any atom is 0.180 e. The Labute approximate surface area is 56.2 Å². The number of allylic oxidation sites excluding steroid dienone is 1. The second kappa shape index (κ2) is 1.90. The second-order valence-corrected chi connectivity index (χ2v) is 1.64. The monoisotopic (exact) mass is 135 g/mol. The van der Waals surface area contributed by atoms with Crippen LogP contribution >= 0.6 is 0 Å². The molecular formula is C4H3N6. The van der Waals surface area contributed by atoms with Gasteiger partial charge in [-0.3, -0.25) is 0 Å². The van der Waals surface area contributed by atoms with Gasteiger partial charge in [0.2, 0.25) is 0 Å². The molecule has 0 bridgehead atoms. The summed E-state index contributed by atoms with van der Waals surface area (Å²) in [6, 6.07) is 0. The van der Waals surface area contributed by atoms with E-state index in [-0.39, 0.29) is 0 Å². The van der Waals surface area contributed by atoms with Gasteiger partial charge in [0.15, 0.2) is 5.84 Å². The lowest BCUT2D eigenvalue weighted by Crippen LogP contribution is -2.07. The molecule has 0 aliphatic carbocycles. The van der Waals surface area contributed by atoms with E-state index in [0.29, 0.717) is 5.84 Å². The van der Waals surface area contributed by atoms with E-state index in [1.807, 2.05) is 0 Å². The molecule has 0 saturated heterocycles. The Kier molecular flexibility index (Phi) is 0.970. The van der Waals surface area contributed by atoms with Crippen molar-refractivity contribution in [3.8, 4) is 0 Å². The molecule has 6 heteroatoms. The summed E-state index contributed by atoms with van der Waals surface area (Å²) in [7, 11) is 0. The van der Waals surface area contributed by atoms with Crippen molar-refractivity contribution in [2.24, 2.45) is 5.10 Å². The summed E-state index contributed by atoms with van der Waals surface area (Å²) in [4.78, 5) is 0. The first kappa shape index (κ1) is 5.10. The van der Waals surface area contributed by atoms with Gasteiger partial charge in [-0.25, -0.2) is 0 Å². The number of hydrogen-bond acceptors (Lipinski definition) is 4. The lowest BCUT2D eigenvalue weighted by atomic mass is 10.6. The van der Waals surface area contributed by atoms with Gasteiger partial charge in [0.1, 0.15) is 6.33 Å². The van der Waals surface area contributed by atoms with Crippen LogP contribution in [0.5, 0.6) is 0 Å². The largest absolute Gasteiger partial charge is 0.180 e. The Morgan fingerprint density at radius 1 is 1.40 bits per heavy atom. The number of tetrazole rings is 1. The molecule has 49 valence electrons. The van der Waals surface area contributed by atoms with Gasteiger partial charge in [-0.05, 0) is 10.4 Å². The third-order valence-corrected chi connectivity index (χ3v) is 1.03. The maximum atomic E-state index is 3.73. The highest BCUT2D eigenvalue weighted by Gasteiger charge is 2.02. The maximum absolute atomic E-state index is 3.73. The Bertz CT molecular complexity index is 270. The summed E-state index contributed by atoms with van der Waals surface area (Å²) in [6.45, 7) is 0. The molecule has 10 heavy (non-hydrogen) atoms. The standard InChI is InChI=1S/C4H3N6/c1-2-5-7-4(1)10-3-6-8-9-10/h1-3H. The molecule has 0 aromatic carbocycles. The van der Waals surface area contributed by atoms with E-state index in [0.717, 1.165) is 0 Å². The molecule has 0 fully saturated rings. The zero-order valence-electron chi connectivity index (χ0n) is 4.92. The minimum absolute atomic E-state index is 0.630. The third kappa shape index (κ3) is 0.661. The predicted molar refractivity (Wildman–Crippen MR) is 31.9 cm³/mol. The van der Waals surface area contributed by atoms with Crippen LogP contribution in [0.2, 0.25) is 0 Å². The molecule has 0 N–H and O–H groups in total. The first-order valence-electron chi connectivity index (χ1n) is 2.64. The Hall–Kier alpha value is -1.72. The summed E-state index contributed by atoms with van der Waals surface area (Å²) in [5.41, 5.74) is 3.61. The number of nitrogens with zero attached hydrogens (tertiary/aromatic N) is 6. The molecule has 2 rings (SSSR count). The van der Waals surface area contributed by atoms with Crippen molar-refractivity contribution in [1.82, 2.24) is 25.6 Å². The molecule has 1 aliphatic heterocycles. The molecule has 1 aromatic rings. The average molecular weight is 135 g/mol. The van der Waals surface area contributed by atoms with E-state index < -0.39 is 0 Å². The van der Waals surface area contributed by atoms with E-state index >= 15 is 0 Å². The SMILES string of the molecule is C1=CC(n2cnnn2)=N[N]1. The van der Waals surface area contributed by atoms with Crippen LogP contribution < -0.4 is 5.43 Å². The number of rotatable bonds is 0. The normalized spacial score (nSPS) is 15.0. The minimum Gasteiger partial charge on any atom is -0.180 e. The molecule has 6 nitrogen and oxygen atoms in total. The molecule has 0 atom stereocenters. The quantitative estimate of drug-likeness (QED) is 0.456. The average Bonchev–Trinajstić information content (AvgIpc) is 2.59. The van der Waals surface area contributed by atoms with Crippen molar-refractivity contribution < 1.29 is 0 Å². The van der Waals surface area contributed by atoms with Crippen LogP contribution in [0.25, 0.3) is 0 Å². The van der Waals surface area contributed by atoms with Gasteiger partial charge < -0.3 is 0 Å². The summed E-state index contributed by atoms with van der Waals surface area (Å²) in [6.07, 6.45) is 4.76. The first-order valence-corrected chi connectivity index (χ1v) is 2.64. The summed E-state index contributed by atoms with van der Waals surface area (Å²) in [5.74, 6) is 0.630. The van der Waals surface area contributed by atoms with Crippen LogP contribution in [0.1, 0.15) is 0 Å². The van der Waals surface area contributed by atoms with Crippen molar-refractivity contribution in [3.05, 3.63) is 18.6 Å². The summed E-state index contributed by atoms with van der Waals surface area (Å²) < 4.78 is 1.44. The van der Waals surface area contributed by atoms with E-state index in [9.17, 15) is 0 Å². The molecule has 0 amide bonds. The van der Waals surface area contributed by atoms with E-state index in [1.54, 1.807) is 12.3 Å². The topological polar surface area (TPSA) is 70.1 Å². The smallest absolute Gasteiger partial charge is 0.180 e. The third-order valence-electron chi connectivity index (χ3n) is 1.03. The second-order valence-electron chi connectivity index (χ2n) is 1.64. The highest BCUT2D eigenvalue weighted by atomic mass is 15.6. The van der Waals surface area contributed by atoms with Crippen molar-refractivity contribution in [2.75, 3.05) is 0 Å². The van der Waals surface area contributed by atoms with Gasteiger partial charge >= 0.3 is 0 Å². The lowest BCUT2D eigenvalue weighted by Gasteiger charge is -1.88. The van der Waals surface area contributed by atoms with E-state index in [4.69, 9.17) is 0 Å². The molecule has 1 aromatic heterocycles. The van der Waals surface area contributed by atoms with Crippen LogP contribution in [0.3, 0.4) is 0 Å². The summed E-state index contributed by atoms with van der Waals surface area (Å²) in [5, 5.41) is 14.2. The predicted octanol–water partition coefficient (Wildman–Crippen LogP) is -1.03. The number of aromatic nitrogens is 4. The minimum atomic E-state index is 0.630. The van der Waals surface area contributed by atoms with Gasteiger partial charge in [0.25, 0.3) is 0 Å². The Morgan fingerprint density at radius 2 is 2.40 bits per heavy atom. The van der Waals surface area contributed by atoms with E-state index in [1.165, 1.54) is 11.0 Å². The van der Waals surface area contributed by atoms with Gasteiger partial charge in [-0.2, -0.15) is 10.1 Å². The van der Waals surface area contributed by atoms with Crippen molar-refractivity contribution in [3.63, 3.8) is 0 Å². The fraction of sp³-hybridized carbons (Fsp3) is 0. The van der Waals surface area contributed by atoms with Gasteiger partial charge in [0.05, 0.1) is 6.20 Å². The summed E-state index contributed by atoms with van der Waals surface area (Å²) >= 11 is 0. The lowest BCUT2D eigenvalue weighted by molar-refractivity contribution is 0.814. The molecule has 2 heterocycles. The molecule has 1 aliphatic rings. The Morgan fingerprint density at radius 3 is 3.00 bits per heavy atom. The molecule has 0 saturated carbocycles. The zero-order valence-corrected chi connectivity index (χ0v) is 4.92. The molecule has 1 radical (unpaired) electrons. The fourth-order valence-electron chi connectivity index (χ4n) is 0.614. The van der Waals surface area contributed by atoms with E-state index in [2.05, 4.69) is 26.1 Å². The van der Waals surface area contributed by atoms with Crippen LogP contribution in [-0.2, 0) is 0 Å². The van der Waals surface area contributed by atoms with Gasteiger partial charge in [-0.1, -0.05) is 0 Å².